The summed E-state index contributed by atoms with van der Waals surface area (Å²) in [5.74, 6) is 1.45. The van der Waals surface area contributed by atoms with Crippen LogP contribution in [0.3, 0.4) is 0 Å². The fourth-order valence-corrected chi connectivity index (χ4v) is 4.42. The molecule has 3 heterocycles. The van der Waals surface area contributed by atoms with E-state index < -0.39 is 0 Å². The zero-order chi connectivity index (χ0) is 21.6. The minimum atomic E-state index is 0.599. The van der Waals surface area contributed by atoms with Crippen molar-refractivity contribution in [1.82, 2.24) is 19.9 Å². The zero-order valence-electron chi connectivity index (χ0n) is 18.3. The maximum Gasteiger partial charge on any atom is 0.229 e. The summed E-state index contributed by atoms with van der Waals surface area (Å²) in [5, 5.41) is 8.02. The van der Waals surface area contributed by atoms with Gasteiger partial charge in [0.05, 0.1) is 0 Å². The normalized spacial score (nSPS) is 14.5. The fourth-order valence-electron chi connectivity index (χ4n) is 4.42. The van der Waals surface area contributed by atoms with Crippen molar-refractivity contribution in [2.45, 2.75) is 25.7 Å². The molecular formula is C26H30N6. The molecule has 0 aliphatic carbocycles. The van der Waals surface area contributed by atoms with Gasteiger partial charge in [-0.15, -0.1) is 0 Å². The molecule has 32 heavy (non-hydrogen) atoms. The van der Waals surface area contributed by atoms with E-state index in [0.29, 0.717) is 5.95 Å². The van der Waals surface area contributed by atoms with Gasteiger partial charge in [-0.2, -0.15) is 4.98 Å². The molecule has 3 N–H and O–H groups in total. The molecule has 1 saturated heterocycles. The van der Waals surface area contributed by atoms with E-state index in [9.17, 15) is 0 Å². The third kappa shape index (κ3) is 4.92. The largest absolute Gasteiger partial charge is 0.370 e. The van der Waals surface area contributed by atoms with Gasteiger partial charge in [-0.05, 0) is 68.7 Å². The number of nitrogens with one attached hydrogen (secondary N) is 3. The number of hydrogen-bond acceptors (Lipinski definition) is 5. The van der Waals surface area contributed by atoms with Gasteiger partial charge in [-0.3, -0.25) is 0 Å². The van der Waals surface area contributed by atoms with Crippen molar-refractivity contribution < 1.29 is 0 Å². The molecular weight excluding hydrogens is 396 g/mol. The van der Waals surface area contributed by atoms with Gasteiger partial charge in [0.2, 0.25) is 5.95 Å². The van der Waals surface area contributed by atoms with E-state index in [-0.39, 0.29) is 0 Å². The van der Waals surface area contributed by atoms with E-state index in [1.807, 2.05) is 18.2 Å². The van der Waals surface area contributed by atoms with Crippen LogP contribution < -0.4 is 10.6 Å². The third-order valence-electron chi connectivity index (χ3n) is 6.08. The molecule has 6 heteroatoms. The molecule has 0 atom stereocenters. The van der Waals surface area contributed by atoms with Gasteiger partial charge < -0.3 is 20.5 Å². The summed E-state index contributed by atoms with van der Waals surface area (Å²) < 4.78 is 0. The molecule has 164 valence electrons. The van der Waals surface area contributed by atoms with Crippen molar-refractivity contribution in [2.24, 2.45) is 0 Å². The fraction of sp³-hybridized carbons (Fsp3) is 0.308. The van der Waals surface area contributed by atoms with Gasteiger partial charge in [0.1, 0.15) is 5.82 Å². The number of nitrogens with zero attached hydrogens (tertiary/aromatic N) is 3. The maximum atomic E-state index is 4.64. The summed E-state index contributed by atoms with van der Waals surface area (Å²) in [6.45, 7) is 4.57. The highest BCUT2D eigenvalue weighted by Crippen LogP contribution is 2.30. The number of benzene rings is 2. The summed E-state index contributed by atoms with van der Waals surface area (Å²) in [6, 6.07) is 18.6. The molecule has 0 bridgehead atoms. The molecule has 4 aromatic rings. The molecule has 1 aliphatic heterocycles. The molecule has 0 radical (unpaired) electrons. The number of fused-ring (bicyclic) bond motifs is 1. The van der Waals surface area contributed by atoms with Crippen LogP contribution in [-0.4, -0.2) is 46.0 Å². The Morgan fingerprint density at radius 2 is 1.88 bits per heavy atom. The van der Waals surface area contributed by atoms with Crippen LogP contribution in [0, 0.1) is 0 Å². The van der Waals surface area contributed by atoms with Crippen molar-refractivity contribution in [1.29, 1.82) is 0 Å². The van der Waals surface area contributed by atoms with Crippen LogP contribution in [0.15, 0.2) is 67.0 Å². The Kier molecular flexibility index (Phi) is 6.30. The molecule has 5 rings (SSSR count). The average Bonchev–Trinajstić information content (AvgIpc) is 3.27. The molecule has 0 saturated carbocycles. The van der Waals surface area contributed by atoms with E-state index in [1.54, 1.807) is 6.20 Å². The van der Waals surface area contributed by atoms with E-state index in [1.165, 1.54) is 43.3 Å². The lowest BCUT2D eigenvalue weighted by Gasteiger charge is -2.26. The number of rotatable bonds is 8. The third-order valence-corrected chi connectivity index (χ3v) is 6.08. The molecule has 0 amide bonds. The van der Waals surface area contributed by atoms with E-state index in [0.717, 1.165) is 42.1 Å². The highest BCUT2D eigenvalue weighted by Gasteiger charge is 2.09. The molecule has 6 nitrogen and oxygen atoms in total. The molecule has 0 unspecified atom stereocenters. The summed E-state index contributed by atoms with van der Waals surface area (Å²) in [6.07, 6.45) is 9.06. The van der Waals surface area contributed by atoms with Crippen molar-refractivity contribution in [3.8, 4) is 11.1 Å². The van der Waals surface area contributed by atoms with Crippen LogP contribution in [0.5, 0.6) is 0 Å². The Labute approximate surface area is 189 Å². The van der Waals surface area contributed by atoms with Gasteiger partial charge in [-0.1, -0.05) is 36.8 Å². The summed E-state index contributed by atoms with van der Waals surface area (Å²) in [4.78, 5) is 15.0. The monoisotopic (exact) mass is 426 g/mol. The van der Waals surface area contributed by atoms with Gasteiger partial charge in [0, 0.05) is 41.1 Å². The smallest absolute Gasteiger partial charge is 0.229 e. The number of likely N-dealkylation sites (tertiary alicyclic amines) is 1. The Morgan fingerprint density at radius 1 is 0.969 bits per heavy atom. The number of hydrogen-bond donors (Lipinski definition) is 3. The zero-order valence-corrected chi connectivity index (χ0v) is 18.3. The number of aromatic amines is 1. The van der Waals surface area contributed by atoms with Gasteiger partial charge in [0.15, 0.2) is 0 Å². The van der Waals surface area contributed by atoms with Gasteiger partial charge in [0.25, 0.3) is 0 Å². The SMILES string of the molecule is c1cc(Nc2nccc(NCCCN3CCCCC3)n2)cc(-c2c[nH]c3ccccc23)c1. The quantitative estimate of drug-likeness (QED) is 0.317. The lowest BCUT2D eigenvalue weighted by Crippen LogP contribution is -2.31. The topological polar surface area (TPSA) is 68.9 Å². The first-order chi connectivity index (χ1) is 15.8. The number of piperidine rings is 1. The predicted molar refractivity (Wildman–Crippen MR) is 132 cm³/mol. The molecule has 2 aromatic carbocycles. The lowest BCUT2D eigenvalue weighted by molar-refractivity contribution is 0.228. The van der Waals surface area contributed by atoms with Crippen LogP contribution in [0.4, 0.5) is 17.5 Å². The van der Waals surface area contributed by atoms with E-state index in [2.05, 4.69) is 73.1 Å². The molecule has 2 aromatic heterocycles. The Hall–Kier alpha value is -3.38. The van der Waals surface area contributed by atoms with Crippen LogP contribution in [0.2, 0.25) is 0 Å². The van der Waals surface area contributed by atoms with Crippen LogP contribution in [0.1, 0.15) is 25.7 Å². The highest BCUT2D eigenvalue weighted by atomic mass is 15.1. The van der Waals surface area contributed by atoms with Crippen LogP contribution >= 0.6 is 0 Å². The van der Waals surface area contributed by atoms with Gasteiger partial charge in [-0.25, -0.2) is 4.98 Å². The Morgan fingerprint density at radius 3 is 2.81 bits per heavy atom. The number of aromatic nitrogens is 3. The van der Waals surface area contributed by atoms with Crippen LogP contribution in [0.25, 0.3) is 22.0 Å². The molecule has 1 aliphatic rings. The first-order valence-electron chi connectivity index (χ1n) is 11.6. The second-order valence-electron chi connectivity index (χ2n) is 8.40. The summed E-state index contributed by atoms with van der Waals surface area (Å²) in [7, 11) is 0. The average molecular weight is 427 g/mol. The minimum absolute atomic E-state index is 0.599. The molecule has 0 spiro atoms. The van der Waals surface area contributed by atoms with Crippen molar-refractivity contribution in [3.63, 3.8) is 0 Å². The number of para-hydroxylation sites is 1. The maximum absolute atomic E-state index is 4.64. The standard InChI is InChI=1S/C26H30N6/c1-4-15-32(16-5-1)17-7-13-27-25-12-14-28-26(31-25)30-21-9-6-8-20(18-21)23-19-29-24-11-3-2-10-22(23)24/h2-3,6,8-12,14,18-19,29H,1,4-5,7,13,15-17H2,(H2,27,28,30,31). The number of H-pyrrole nitrogens is 1. The predicted octanol–water partition coefficient (Wildman–Crippen LogP) is 5.66. The second-order valence-corrected chi connectivity index (χ2v) is 8.40. The first-order valence-corrected chi connectivity index (χ1v) is 11.6. The van der Waals surface area contributed by atoms with Crippen molar-refractivity contribution in [2.75, 3.05) is 36.8 Å². The van der Waals surface area contributed by atoms with Crippen LogP contribution in [-0.2, 0) is 0 Å². The van der Waals surface area contributed by atoms with E-state index >= 15 is 0 Å². The lowest BCUT2D eigenvalue weighted by atomic mass is 10.0. The summed E-state index contributed by atoms with van der Waals surface area (Å²) >= 11 is 0. The Bertz CT molecular complexity index is 1160. The highest BCUT2D eigenvalue weighted by molar-refractivity contribution is 5.96. The van der Waals surface area contributed by atoms with Crippen molar-refractivity contribution >= 4 is 28.4 Å². The van der Waals surface area contributed by atoms with Gasteiger partial charge >= 0.3 is 0 Å². The first kappa shape index (κ1) is 20.5. The second kappa shape index (κ2) is 9.83. The number of anilines is 3. The summed E-state index contributed by atoms with van der Waals surface area (Å²) in [5.41, 5.74) is 4.45. The molecule has 1 fully saturated rings. The Balaban J connectivity index is 1.21. The van der Waals surface area contributed by atoms with Crippen molar-refractivity contribution in [3.05, 3.63) is 67.0 Å². The van der Waals surface area contributed by atoms with E-state index in [4.69, 9.17) is 0 Å². The minimum Gasteiger partial charge on any atom is -0.370 e.